The van der Waals surface area contributed by atoms with Gasteiger partial charge in [-0.15, -0.1) is 12.4 Å². The lowest BCUT2D eigenvalue weighted by Gasteiger charge is -2.14. The SMILES string of the molecule is Cl.NCC(F)(F)CNC(=O)CNC(=O)c1ccc(Cl)c(Cl)c1. The Bertz CT molecular complexity index is 544. The molecule has 0 heterocycles. The Morgan fingerprint density at radius 2 is 1.82 bits per heavy atom. The zero-order valence-electron chi connectivity index (χ0n) is 11.2. The molecule has 22 heavy (non-hydrogen) atoms. The first-order chi connectivity index (χ1) is 9.75. The van der Waals surface area contributed by atoms with Crippen LogP contribution in [0.1, 0.15) is 10.4 Å². The molecule has 0 atom stereocenters. The minimum Gasteiger partial charge on any atom is -0.348 e. The number of benzene rings is 1. The van der Waals surface area contributed by atoms with Crippen LogP contribution in [0.5, 0.6) is 0 Å². The van der Waals surface area contributed by atoms with Gasteiger partial charge >= 0.3 is 0 Å². The molecular formula is C12H14Cl3F2N3O2. The van der Waals surface area contributed by atoms with E-state index in [9.17, 15) is 18.4 Å². The second-order valence-corrected chi connectivity index (χ2v) is 4.96. The topological polar surface area (TPSA) is 84.2 Å². The standard InChI is InChI=1S/C12H13Cl2F2N3O2.ClH/c13-8-2-1-7(3-9(8)14)11(21)18-4-10(20)19-6-12(15,16)5-17;/h1-3H,4-6,17H2,(H,18,21)(H,19,20);1H. The zero-order chi connectivity index (χ0) is 16.0. The first kappa shape index (κ1) is 20.9. The van der Waals surface area contributed by atoms with Crippen molar-refractivity contribution in [1.82, 2.24) is 10.6 Å². The van der Waals surface area contributed by atoms with Crippen LogP contribution in [-0.2, 0) is 4.79 Å². The number of hydrogen-bond acceptors (Lipinski definition) is 3. The van der Waals surface area contributed by atoms with Gasteiger partial charge < -0.3 is 16.4 Å². The molecule has 0 saturated carbocycles. The Kier molecular flexibility index (Phi) is 8.62. The summed E-state index contributed by atoms with van der Waals surface area (Å²) in [6.07, 6.45) is 0. The minimum atomic E-state index is -3.18. The highest BCUT2D eigenvalue weighted by Crippen LogP contribution is 2.22. The summed E-state index contributed by atoms with van der Waals surface area (Å²) in [6, 6.07) is 4.18. The van der Waals surface area contributed by atoms with Crippen molar-refractivity contribution in [2.75, 3.05) is 19.6 Å². The van der Waals surface area contributed by atoms with E-state index in [4.69, 9.17) is 28.9 Å². The van der Waals surface area contributed by atoms with Crippen molar-refractivity contribution >= 4 is 47.4 Å². The van der Waals surface area contributed by atoms with Crippen LogP contribution in [0, 0.1) is 0 Å². The van der Waals surface area contributed by atoms with Crippen molar-refractivity contribution in [1.29, 1.82) is 0 Å². The normalized spacial score (nSPS) is 10.6. The molecule has 0 unspecified atom stereocenters. The first-order valence-electron chi connectivity index (χ1n) is 5.83. The predicted octanol–water partition coefficient (Wildman–Crippen LogP) is 1.86. The number of rotatable bonds is 6. The number of amides is 2. The average Bonchev–Trinajstić information content (AvgIpc) is 2.45. The number of alkyl halides is 2. The van der Waals surface area contributed by atoms with Gasteiger partial charge in [-0.1, -0.05) is 23.2 Å². The summed E-state index contributed by atoms with van der Waals surface area (Å²) >= 11 is 11.5. The van der Waals surface area contributed by atoms with Gasteiger partial charge in [0.25, 0.3) is 11.8 Å². The maximum Gasteiger partial charge on any atom is 0.277 e. The molecule has 0 saturated heterocycles. The maximum atomic E-state index is 12.8. The van der Waals surface area contributed by atoms with Crippen molar-refractivity contribution in [3.05, 3.63) is 33.8 Å². The van der Waals surface area contributed by atoms with E-state index in [-0.39, 0.29) is 28.0 Å². The van der Waals surface area contributed by atoms with Crippen molar-refractivity contribution in [2.24, 2.45) is 5.73 Å². The number of halogens is 5. The van der Waals surface area contributed by atoms with E-state index in [1.54, 1.807) is 0 Å². The Balaban J connectivity index is 0.00000441. The molecule has 1 aromatic carbocycles. The number of nitrogens with two attached hydrogens (primary N) is 1. The molecule has 0 radical (unpaired) electrons. The van der Waals surface area contributed by atoms with Gasteiger partial charge in [-0.05, 0) is 18.2 Å². The number of nitrogens with one attached hydrogen (secondary N) is 2. The largest absolute Gasteiger partial charge is 0.348 e. The summed E-state index contributed by atoms with van der Waals surface area (Å²) < 4.78 is 25.6. The molecule has 1 aromatic rings. The van der Waals surface area contributed by atoms with E-state index in [1.807, 2.05) is 5.32 Å². The fourth-order valence-corrected chi connectivity index (χ4v) is 1.56. The van der Waals surface area contributed by atoms with Crippen LogP contribution in [0.2, 0.25) is 10.0 Å². The molecule has 0 aliphatic carbocycles. The number of hydrogen-bond donors (Lipinski definition) is 3. The Labute approximate surface area is 141 Å². The lowest BCUT2D eigenvalue weighted by atomic mass is 10.2. The van der Waals surface area contributed by atoms with Crippen LogP contribution in [0.15, 0.2) is 18.2 Å². The highest BCUT2D eigenvalue weighted by Gasteiger charge is 2.27. The lowest BCUT2D eigenvalue weighted by Crippen LogP contribution is -2.45. The molecule has 0 bridgehead atoms. The van der Waals surface area contributed by atoms with E-state index < -0.39 is 37.4 Å². The van der Waals surface area contributed by atoms with Gasteiger partial charge in [0.05, 0.1) is 29.7 Å². The van der Waals surface area contributed by atoms with Gasteiger partial charge in [-0.25, -0.2) is 8.78 Å². The molecule has 0 fully saturated rings. The highest BCUT2D eigenvalue weighted by atomic mass is 35.5. The van der Waals surface area contributed by atoms with Gasteiger partial charge in [0.2, 0.25) is 5.91 Å². The van der Waals surface area contributed by atoms with E-state index in [0.717, 1.165) is 0 Å². The summed E-state index contributed by atoms with van der Waals surface area (Å²) in [5.74, 6) is -4.51. The van der Waals surface area contributed by atoms with E-state index in [0.29, 0.717) is 0 Å². The number of carbonyl (C=O) groups is 2. The van der Waals surface area contributed by atoms with Crippen LogP contribution in [0.25, 0.3) is 0 Å². The highest BCUT2D eigenvalue weighted by molar-refractivity contribution is 6.42. The molecule has 0 aromatic heterocycles. The van der Waals surface area contributed by atoms with Crippen molar-refractivity contribution in [3.63, 3.8) is 0 Å². The second kappa shape index (κ2) is 9.09. The summed E-state index contributed by atoms with van der Waals surface area (Å²) in [4.78, 5) is 23.0. The van der Waals surface area contributed by atoms with E-state index in [2.05, 4.69) is 5.32 Å². The maximum absolute atomic E-state index is 12.8. The third-order valence-corrected chi connectivity index (χ3v) is 3.17. The van der Waals surface area contributed by atoms with Gasteiger partial charge in [0, 0.05) is 5.56 Å². The molecule has 124 valence electrons. The first-order valence-corrected chi connectivity index (χ1v) is 6.58. The van der Waals surface area contributed by atoms with Crippen LogP contribution in [0.4, 0.5) is 8.78 Å². The summed E-state index contributed by atoms with van der Waals surface area (Å²) in [7, 11) is 0. The van der Waals surface area contributed by atoms with Gasteiger partial charge in [0.15, 0.2) is 0 Å². The smallest absolute Gasteiger partial charge is 0.277 e. The second-order valence-electron chi connectivity index (χ2n) is 4.15. The Morgan fingerprint density at radius 3 is 2.36 bits per heavy atom. The number of carbonyl (C=O) groups excluding carboxylic acids is 2. The molecule has 0 aliphatic rings. The molecule has 5 nitrogen and oxygen atoms in total. The molecule has 1 rings (SSSR count). The molecule has 0 aliphatic heterocycles. The van der Waals surface area contributed by atoms with Crippen LogP contribution in [0.3, 0.4) is 0 Å². The summed E-state index contributed by atoms with van der Waals surface area (Å²) in [5, 5.41) is 4.72. The Hall–Kier alpha value is -1.15. The van der Waals surface area contributed by atoms with Crippen LogP contribution < -0.4 is 16.4 Å². The molecular weight excluding hydrogens is 363 g/mol. The third kappa shape index (κ3) is 6.74. The van der Waals surface area contributed by atoms with Crippen molar-refractivity contribution in [2.45, 2.75) is 5.92 Å². The summed E-state index contributed by atoms with van der Waals surface area (Å²) in [5.41, 5.74) is 5.02. The molecule has 4 N–H and O–H groups in total. The molecule has 10 heteroatoms. The van der Waals surface area contributed by atoms with Crippen molar-refractivity contribution < 1.29 is 18.4 Å². The van der Waals surface area contributed by atoms with Gasteiger partial charge in [-0.3, -0.25) is 9.59 Å². The lowest BCUT2D eigenvalue weighted by molar-refractivity contribution is -0.121. The van der Waals surface area contributed by atoms with Crippen LogP contribution in [-0.4, -0.2) is 37.4 Å². The zero-order valence-corrected chi connectivity index (χ0v) is 13.5. The average molecular weight is 377 g/mol. The quantitative estimate of drug-likeness (QED) is 0.708. The predicted molar refractivity (Wildman–Crippen MR) is 83.1 cm³/mol. The van der Waals surface area contributed by atoms with Crippen molar-refractivity contribution in [3.8, 4) is 0 Å². The summed E-state index contributed by atoms with van der Waals surface area (Å²) in [6.45, 7) is -2.20. The molecule has 0 spiro atoms. The monoisotopic (exact) mass is 375 g/mol. The van der Waals surface area contributed by atoms with Gasteiger partial charge in [-0.2, -0.15) is 0 Å². The fourth-order valence-electron chi connectivity index (χ4n) is 1.26. The fraction of sp³-hybridized carbons (Fsp3) is 0.333. The Morgan fingerprint density at radius 1 is 1.18 bits per heavy atom. The van der Waals surface area contributed by atoms with E-state index in [1.165, 1.54) is 18.2 Å². The van der Waals surface area contributed by atoms with Gasteiger partial charge in [0.1, 0.15) is 0 Å². The van der Waals surface area contributed by atoms with E-state index >= 15 is 0 Å². The van der Waals surface area contributed by atoms with Crippen LogP contribution >= 0.6 is 35.6 Å². The third-order valence-electron chi connectivity index (χ3n) is 2.43. The minimum absolute atomic E-state index is 0. The molecule has 2 amide bonds.